The molecule has 0 saturated carbocycles. The maximum atomic E-state index is 6.71. The van der Waals surface area contributed by atoms with Crippen LogP contribution in [0.25, 0.3) is 10.8 Å². The molecule has 3 aromatic carbocycles. The molecule has 3 heteroatoms. The van der Waals surface area contributed by atoms with Gasteiger partial charge in [0.05, 0.1) is 0 Å². The Morgan fingerprint density at radius 3 is 2.05 bits per heavy atom. The fourth-order valence-electron chi connectivity index (χ4n) is 2.14. The quantitative estimate of drug-likeness (QED) is 0.516. The normalized spacial score (nSPS) is 12.5. The third-order valence-corrected chi connectivity index (χ3v) is 6.90. The molecule has 0 aromatic heterocycles. The molecule has 0 spiro atoms. The van der Waals surface area contributed by atoms with Crippen LogP contribution in [0.1, 0.15) is 0 Å². The Labute approximate surface area is 123 Å². The van der Waals surface area contributed by atoms with Crippen LogP contribution in [-0.4, -0.2) is 0 Å². The van der Waals surface area contributed by atoms with Crippen molar-refractivity contribution in [3.05, 3.63) is 72.8 Å². The highest BCUT2D eigenvalue weighted by Gasteiger charge is 2.25. The summed E-state index contributed by atoms with van der Waals surface area (Å²) in [5.74, 6) is 0. The molecular weight excluding hydrogens is 295 g/mol. The molecule has 19 heavy (non-hydrogen) atoms. The highest BCUT2D eigenvalue weighted by molar-refractivity contribution is 8.66. The van der Waals surface area contributed by atoms with E-state index in [0.29, 0.717) is 0 Å². The second-order valence-electron chi connectivity index (χ2n) is 4.26. The lowest BCUT2D eigenvalue weighted by molar-refractivity contribution is 1.43. The highest BCUT2D eigenvalue weighted by Crippen LogP contribution is 2.71. The lowest BCUT2D eigenvalue weighted by Crippen LogP contribution is -1.88. The fraction of sp³-hybridized carbons (Fsp3) is 0. The fourth-order valence-corrected chi connectivity index (χ4v) is 5.03. The molecule has 0 atom stereocenters. The first-order valence-corrected chi connectivity index (χ1v) is 9.23. The molecule has 0 aliphatic rings. The minimum atomic E-state index is -2.02. The van der Waals surface area contributed by atoms with Gasteiger partial charge in [-0.05, 0) is 58.8 Å². The first kappa shape index (κ1) is 12.9. The number of rotatable bonds is 2. The van der Waals surface area contributed by atoms with Gasteiger partial charge >= 0.3 is 0 Å². The maximum Gasteiger partial charge on any atom is 0.0291 e. The minimum absolute atomic E-state index is 0.967. The maximum absolute atomic E-state index is 6.71. The van der Waals surface area contributed by atoms with Gasteiger partial charge in [-0.1, -0.05) is 54.6 Å². The molecule has 0 bridgehead atoms. The van der Waals surface area contributed by atoms with Crippen LogP contribution < -0.4 is 0 Å². The molecule has 0 nitrogen and oxygen atoms in total. The Balaban J connectivity index is 2.24. The zero-order chi connectivity index (χ0) is 13.3. The molecule has 0 amide bonds. The van der Waals surface area contributed by atoms with Gasteiger partial charge < -0.3 is 0 Å². The van der Waals surface area contributed by atoms with E-state index in [-0.39, 0.29) is 0 Å². The predicted octanol–water partition coefficient (Wildman–Crippen LogP) is 6.37. The van der Waals surface area contributed by atoms with Gasteiger partial charge in [-0.2, -0.15) is 0 Å². The lowest BCUT2D eigenvalue weighted by atomic mass is 10.1. The van der Waals surface area contributed by atoms with Gasteiger partial charge in [-0.15, -0.1) is 0 Å². The standard InChI is InChI=1S/C16H12Cl2S/c17-19(18,14-9-2-1-3-10-14)16-12-6-8-13-7-4-5-11-15(13)16/h1-12H. The van der Waals surface area contributed by atoms with Crippen LogP contribution in [0.2, 0.25) is 0 Å². The highest BCUT2D eigenvalue weighted by atomic mass is 36.0. The smallest absolute Gasteiger partial charge is 0.0291 e. The van der Waals surface area contributed by atoms with Crippen LogP contribution in [0.3, 0.4) is 0 Å². The largest absolute Gasteiger partial charge is 0.0622 e. The summed E-state index contributed by atoms with van der Waals surface area (Å²) in [6.07, 6.45) is 0. The summed E-state index contributed by atoms with van der Waals surface area (Å²) in [4.78, 5) is 1.97. The van der Waals surface area contributed by atoms with Gasteiger partial charge in [0, 0.05) is 9.79 Å². The van der Waals surface area contributed by atoms with Crippen LogP contribution >= 0.6 is 29.8 Å². The molecule has 3 rings (SSSR count). The molecule has 96 valence electrons. The van der Waals surface area contributed by atoms with E-state index in [9.17, 15) is 0 Å². The number of hydrogen-bond acceptors (Lipinski definition) is 0. The summed E-state index contributed by atoms with van der Waals surface area (Å²) in [5.41, 5.74) is 0. The van der Waals surface area contributed by atoms with Crippen molar-refractivity contribution in [2.45, 2.75) is 9.79 Å². The van der Waals surface area contributed by atoms with E-state index in [1.54, 1.807) is 0 Å². The Bertz CT molecular complexity index is 703. The molecule has 0 N–H and O–H groups in total. The Kier molecular flexibility index (Phi) is 3.44. The third kappa shape index (κ3) is 2.34. The van der Waals surface area contributed by atoms with Crippen molar-refractivity contribution >= 4 is 40.6 Å². The van der Waals surface area contributed by atoms with Crippen molar-refractivity contribution < 1.29 is 0 Å². The summed E-state index contributed by atoms with van der Waals surface area (Å²) in [6.45, 7) is 0. The molecule has 0 fully saturated rings. The Hall–Kier alpha value is -1.15. The first-order chi connectivity index (χ1) is 9.19. The predicted molar refractivity (Wildman–Crippen MR) is 86.2 cm³/mol. The summed E-state index contributed by atoms with van der Waals surface area (Å²) in [6, 6.07) is 24.1. The van der Waals surface area contributed by atoms with Crippen molar-refractivity contribution in [1.29, 1.82) is 0 Å². The van der Waals surface area contributed by atoms with Gasteiger partial charge in [0.25, 0.3) is 0 Å². The number of fused-ring (bicyclic) bond motifs is 1. The van der Waals surface area contributed by atoms with Crippen LogP contribution in [0, 0.1) is 0 Å². The molecule has 0 aliphatic heterocycles. The molecular formula is C16H12Cl2S. The molecule has 3 aromatic rings. The summed E-state index contributed by atoms with van der Waals surface area (Å²) in [7, 11) is 11.4. The summed E-state index contributed by atoms with van der Waals surface area (Å²) in [5, 5.41) is 2.28. The van der Waals surface area contributed by atoms with Crippen LogP contribution in [0.15, 0.2) is 82.6 Å². The van der Waals surface area contributed by atoms with E-state index >= 15 is 0 Å². The van der Waals surface area contributed by atoms with Crippen molar-refractivity contribution in [2.75, 3.05) is 0 Å². The zero-order valence-electron chi connectivity index (χ0n) is 10.1. The van der Waals surface area contributed by atoms with E-state index in [1.807, 2.05) is 54.6 Å². The van der Waals surface area contributed by atoms with Gasteiger partial charge in [-0.25, -0.2) is 0 Å². The van der Waals surface area contributed by atoms with Crippen LogP contribution in [0.5, 0.6) is 0 Å². The topological polar surface area (TPSA) is 0 Å². The van der Waals surface area contributed by atoms with Crippen molar-refractivity contribution in [1.82, 2.24) is 0 Å². The SMILES string of the molecule is ClS(Cl)(c1ccccc1)c1cccc2ccccc12. The number of benzene rings is 3. The Morgan fingerprint density at radius 1 is 0.632 bits per heavy atom. The molecule has 0 saturated heterocycles. The molecule has 0 aliphatic carbocycles. The first-order valence-electron chi connectivity index (χ1n) is 5.95. The average Bonchev–Trinajstić information content (AvgIpc) is 2.47. The Morgan fingerprint density at radius 2 is 1.26 bits per heavy atom. The average molecular weight is 307 g/mol. The van der Waals surface area contributed by atoms with Crippen LogP contribution in [0.4, 0.5) is 0 Å². The lowest BCUT2D eigenvalue weighted by Gasteiger charge is -2.27. The zero-order valence-corrected chi connectivity index (χ0v) is 12.4. The van der Waals surface area contributed by atoms with E-state index in [0.717, 1.165) is 20.6 Å². The van der Waals surface area contributed by atoms with Crippen molar-refractivity contribution in [3.8, 4) is 0 Å². The monoisotopic (exact) mass is 306 g/mol. The third-order valence-electron chi connectivity index (χ3n) is 3.07. The van der Waals surface area contributed by atoms with Gasteiger partial charge in [0.15, 0.2) is 0 Å². The van der Waals surface area contributed by atoms with Gasteiger partial charge in [0.2, 0.25) is 0 Å². The summed E-state index contributed by atoms with van der Waals surface area (Å²) < 4.78 is 0. The molecule has 0 unspecified atom stereocenters. The second-order valence-corrected chi connectivity index (χ2v) is 9.36. The number of hydrogen-bond donors (Lipinski definition) is 0. The van der Waals surface area contributed by atoms with E-state index in [2.05, 4.69) is 18.2 Å². The van der Waals surface area contributed by atoms with E-state index in [1.165, 1.54) is 0 Å². The van der Waals surface area contributed by atoms with E-state index in [4.69, 9.17) is 21.4 Å². The summed E-state index contributed by atoms with van der Waals surface area (Å²) >= 11 is 0. The minimum Gasteiger partial charge on any atom is -0.0622 e. The second kappa shape index (κ2) is 5.09. The molecule has 0 radical (unpaired) electrons. The van der Waals surface area contributed by atoms with E-state index < -0.39 is 8.46 Å². The van der Waals surface area contributed by atoms with Gasteiger partial charge in [-0.3, -0.25) is 0 Å². The van der Waals surface area contributed by atoms with Crippen molar-refractivity contribution in [3.63, 3.8) is 0 Å². The van der Waals surface area contributed by atoms with Crippen molar-refractivity contribution in [2.24, 2.45) is 0 Å². The molecule has 0 heterocycles. The van der Waals surface area contributed by atoms with Gasteiger partial charge in [0.1, 0.15) is 0 Å². The number of halogens is 2. The van der Waals surface area contributed by atoms with Crippen LogP contribution in [-0.2, 0) is 0 Å².